The Morgan fingerprint density at radius 1 is 1.09 bits per heavy atom. The van der Waals surface area contributed by atoms with Crippen LogP contribution in [0.15, 0.2) is 60.6 Å². The SMILES string of the molecule is CCOC(=O)OC(=CC=CC=C(C)c1ccccc1)OC(=O)O. The van der Waals surface area contributed by atoms with Crippen molar-refractivity contribution in [2.75, 3.05) is 6.61 Å². The molecular weight excluding hydrogens is 300 g/mol. The number of carboxylic acid groups (broad SMARTS) is 1. The van der Waals surface area contributed by atoms with Gasteiger partial charge in [-0.2, -0.15) is 0 Å². The van der Waals surface area contributed by atoms with E-state index in [4.69, 9.17) is 5.11 Å². The second-order valence-corrected chi connectivity index (χ2v) is 4.24. The fourth-order valence-electron chi connectivity index (χ4n) is 1.54. The topological polar surface area (TPSA) is 82.1 Å². The van der Waals surface area contributed by atoms with Crippen LogP contribution in [-0.2, 0) is 14.2 Å². The molecular formula is C17H18O6. The number of benzene rings is 1. The highest BCUT2D eigenvalue weighted by Gasteiger charge is 2.11. The van der Waals surface area contributed by atoms with E-state index in [1.807, 2.05) is 43.3 Å². The molecule has 0 amide bonds. The maximum absolute atomic E-state index is 11.2. The van der Waals surface area contributed by atoms with E-state index in [0.717, 1.165) is 11.1 Å². The van der Waals surface area contributed by atoms with Crippen molar-refractivity contribution in [3.63, 3.8) is 0 Å². The third kappa shape index (κ3) is 7.52. The molecule has 0 saturated heterocycles. The van der Waals surface area contributed by atoms with Gasteiger partial charge < -0.3 is 19.3 Å². The first-order valence-corrected chi connectivity index (χ1v) is 6.89. The normalized spacial score (nSPS) is 12.1. The molecule has 0 aliphatic heterocycles. The summed E-state index contributed by atoms with van der Waals surface area (Å²) < 4.78 is 13.5. The number of hydrogen-bond donors (Lipinski definition) is 1. The fourth-order valence-corrected chi connectivity index (χ4v) is 1.54. The van der Waals surface area contributed by atoms with E-state index >= 15 is 0 Å². The van der Waals surface area contributed by atoms with Crippen molar-refractivity contribution in [2.24, 2.45) is 0 Å². The Hall–Kier alpha value is -3.02. The van der Waals surface area contributed by atoms with E-state index in [0.29, 0.717) is 0 Å². The van der Waals surface area contributed by atoms with E-state index in [1.54, 1.807) is 13.0 Å². The first-order chi connectivity index (χ1) is 11.0. The molecule has 0 unspecified atom stereocenters. The molecule has 0 radical (unpaired) electrons. The van der Waals surface area contributed by atoms with Crippen LogP contribution in [-0.4, -0.2) is 24.0 Å². The van der Waals surface area contributed by atoms with Crippen molar-refractivity contribution < 1.29 is 28.9 Å². The third-order valence-electron chi connectivity index (χ3n) is 2.55. The van der Waals surface area contributed by atoms with Gasteiger partial charge in [0.1, 0.15) is 0 Å². The van der Waals surface area contributed by atoms with Crippen molar-refractivity contribution in [1.82, 2.24) is 0 Å². The lowest BCUT2D eigenvalue weighted by atomic mass is 10.1. The van der Waals surface area contributed by atoms with Gasteiger partial charge in [-0.25, -0.2) is 9.59 Å². The molecule has 6 heteroatoms. The Kier molecular flexibility index (Phi) is 7.71. The number of ether oxygens (including phenoxy) is 3. The summed E-state index contributed by atoms with van der Waals surface area (Å²) in [6, 6.07) is 9.73. The minimum Gasteiger partial charge on any atom is -0.449 e. The molecule has 1 aromatic rings. The molecule has 0 aromatic heterocycles. The second-order valence-electron chi connectivity index (χ2n) is 4.24. The van der Waals surface area contributed by atoms with Crippen LogP contribution in [0.3, 0.4) is 0 Å². The van der Waals surface area contributed by atoms with Crippen LogP contribution in [0.5, 0.6) is 0 Å². The van der Waals surface area contributed by atoms with Gasteiger partial charge >= 0.3 is 18.3 Å². The van der Waals surface area contributed by atoms with Gasteiger partial charge in [0.2, 0.25) is 0 Å². The predicted octanol–water partition coefficient (Wildman–Crippen LogP) is 4.36. The molecule has 0 aliphatic carbocycles. The van der Waals surface area contributed by atoms with Gasteiger partial charge in [-0.3, -0.25) is 0 Å². The van der Waals surface area contributed by atoms with Crippen LogP contribution in [0.1, 0.15) is 19.4 Å². The summed E-state index contributed by atoms with van der Waals surface area (Å²) in [6.07, 6.45) is 3.56. The zero-order valence-corrected chi connectivity index (χ0v) is 12.9. The highest BCUT2D eigenvalue weighted by atomic mass is 16.8. The molecule has 0 bridgehead atoms. The Labute approximate surface area is 134 Å². The van der Waals surface area contributed by atoms with Crippen LogP contribution in [0.25, 0.3) is 5.57 Å². The summed E-state index contributed by atoms with van der Waals surface area (Å²) >= 11 is 0. The molecule has 0 fully saturated rings. The molecule has 1 N–H and O–H groups in total. The summed E-state index contributed by atoms with van der Waals surface area (Å²) in [5.41, 5.74) is 2.08. The molecule has 122 valence electrons. The Morgan fingerprint density at radius 2 is 1.74 bits per heavy atom. The third-order valence-corrected chi connectivity index (χ3v) is 2.55. The summed E-state index contributed by atoms with van der Waals surface area (Å²) in [7, 11) is 0. The quantitative estimate of drug-likeness (QED) is 0.477. The van der Waals surface area contributed by atoms with Crippen LogP contribution < -0.4 is 0 Å². The highest BCUT2D eigenvalue weighted by molar-refractivity contribution is 5.65. The number of rotatable bonds is 6. The monoisotopic (exact) mass is 318 g/mol. The molecule has 0 saturated carbocycles. The van der Waals surface area contributed by atoms with Gasteiger partial charge in [0.05, 0.1) is 6.61 Å². The average Bonchev–Trinajstić information content (AvgIpc) is 2.51. The number of hydrogen-bond acceptors (Lipinski definition) is 5. The van der Waals surface area contributed by atoms with E-state index in [9.17, 15) is 9.59 Å². The Balaban J connectivity index is 2.74. The lowest BCUT2D eigenvalue weighted by Crippen LogP contribution is -2.11. The van der Waals surface area contributed by atoms with Gasteiger partial charge in [0, 0.05) is 6.08 Å². The van der Waals surface area contributed by atoms with Crippen molar-refractivity contribution in [3.8, 4) is 0 Å². The van der Waals surface area contributed by atoms with E-state index in [2.05, 4.69) is 14.2 Å². The fraction of sp³-hybridized carbons (Fsp3) is 0.176. The smallest absolute Gasteiger partial charge is 0.449 e. The predicted molar refractivity (Wildman–Crippen MR) is 84.5 cm³/mol. The largest absolute Gasteiger partial charge is 0.516 e. The van der Waals surface area contributed by atoms with E-state index in [1.165, 1.54) is 12.2 Å². The van der Waals surface area contributed by atoms with Crippen LogP contribution >= 0.6 is 0 Å². The number of carbonyl (C=O) groups is 2. The maximum Gasteiger partial charge on any atom is 0.516 e. The van der Waals surface area contributed by atoms with Crippen molar-refractivity contribution in [3.05, 3.63) is 66.1 Å². The first kappa shape index (κ1) is 18.0. The minimum absolute atomic E-state index is 0.105. The second kappa shape index (κ2) is 9.83. The van der Waals surface area contributed by atoms with E-state index < -0.39 is 18.3 Å². The molecule has 6 nitrogen and oxygen atoms in total. The van der Waals surface area contributed by atoms with E-state index in [-0.39, 0.29) is 6.61 Å². The number of carbonyl (C=O) groups excluding carboxylic acids is 1. The van der Waals surface area contributed by atoms with Gasteiger partial charge in [-0.05, 0) is 25.0 Å². The first-order valence-electron chi connectivity index (χ1n) is 6.89. The molecule has 1 rings (SSSR count). The van der Waals surface area contributed by atoms with Crippen molar-refractivity contribution in [1.29, 1.82) is 0 Å². The molecule has 0 spiro atoms. The van der Waals surface area contributed by atoms with Gasteiger partial charge in [-0.15, -0.1) is 0 Å². The van der Waals surface area contributed by atoms with Crippen LogP contribution in [0.4, 0.5) is 9.59 Å². The molecule has 23 heavy (non-hydrogen) atoms. The lowest BCUT2D eigenvalue weighted by molar-refractivity contribution is 0.0269. The van der Waals surface area contributed by atoms with Gasteiger partial charge in [0.25, 0.3) is 0 Å². The Morgan fingerprint density at radius 3 is 2.35 bits per heavy atom. The van der Waals surface area contributed by atoms with Crippen molar-refractivity contribution >= 4 is 17.9 Å². The highest BCUT2D eigenvalue weighted by Crippen LogP contribution is 2.12. The molecule has 0 atom stereocenters. The standard InChI is InChI=1S/C17H18O6/c1-3-21-17(20)23-15(22-16(18)19)12-8-7-9-13(2)14-10-5-4-6-11-14/h4-12H,3H2,1-2H3,(H,18,19). The summed E-state index contributed by atoms with van der Waals surface area (Å²) in [6.45, 7) is 3.64. The summed E-state index contributed by atoms with van der Waals surface area (Å²) in [4.78, 5) is 21.7. The van der Waals surface area contributed by atoms with Crippen LogP contribution in [0, 0.1) is 0 Å². The number of allylic oxidation sites excluding steroid dienone is 5. The average molecular weight is 318 g/mol. The van der Waals surface area contributed by atoms with Gasteiger partial charge in [0.15, 0.2) is 0 Å². The van der Waals surface area contributed by atoms with Crippen molar-refractivity contribution in [2.45, 2.75) is 13.8 Å². The zero-order valence-electron chi connectivity index (χ0n) is 12.9. The minimum atomic E-state index is -1.59. The maximum atomic E-state index is 11.2. The zero-order chi connectivity index (χ0) is 17.1. The van der Waals surface area contributed by atoms with Crippen LogP contribution in [0.2, 0.25) is 0 Å². The summed E-state index contributed by atoms with van der Waals surface area (Å²) in [5.74, 6) is -0.488. The lowest BCUT2D eigenvalue weighted by Gasteiger charge is -2.05. The van der Waals surface area contributed by atoms with Gasteiger partial charge in [-0.1, -0.05) is 48.6 Å². The molecule has 0 aliphatic rings. The molecule has 1 aromatic carbocycles. The summed E-state index contributed by atoms with van der Waals surface area (Å²) in [5, 5.41) is 8.59. The molecule has 0 heterocycles. The Bertz CT molecular complexity index is 613.